The average Bonchev–Trinajstić information content (AvgIpc) is 2.24. The predicted molar refractivity (Wildman–Crippen MR) is 70.1 cm³/mol. The van der Waals surface area contributed by atoms with E-state index < -0.39 is 0 Å². The Morgan fingerprint density at radius 2 is 2.13 bits per heavy atom. The second-order valence-electron chi connectivity index (χ2n) is 3.82. The number of nitrogens with one attached hydrogen (secondary N) is 1. The second-order valence-corrected chi connectivity index (χ2v) is 4.74. The van der Waals surface area contributed by atoms with Crippen molar-refractivity contribution in [3.63, 3.8) is 0 Å². The molecule has 84 valence electrons. The fourth-order valence-corrected chi connectivity index (χ4v) is 2.09. The maximum absolute atomic E-state index is 3.59. The van der Waals surface area contributed by atoms with Gasteiger partial charge in [-0.25, -0.2) is 0 Å². The Balaban J connectivity index is 2.57. The monoisotopic (exact) mass is 269 g/mol. The van der Waals surface area contributed by atoms with Gasteiger partial charge >= 0.3 is 0 Å². The van der Waals surface area contributed by atoms with Gasteiger partial charge in [0, 0.05) is 10.5 Å². The summed E-state index contributed by atoms with van der Waals surface area (Å²) in [5.74, 6) is 0. The van der Waals surface area contributed by atoms with Gasteiger partial charge in [0.15, 0.2) is 0 Å². The van der Waals surface area contributed by atoms with Crippen molar-refractivity contribution in [2.24, 2.45) is 0 Å². The SMILES string of the molecule is CCCCNC(CC)c1cccc(Br)c1. The van der Waals surface area contributed by atoms with E-state index in [2.05, 4.69) is 59.4 Å². The molecule has 0 aliphatic rings. The van der Waals surface area contributed by atoms with Crippen LogP contribution in [0.15, 0.2) is 28.7 Å². The maximum atomic E-state index is 3.59. The highest BCUT2D eigenvalue weighted by Crippen LogP contribution is 2.20. The van der Waals surface area contributed by atoms with Crippen LogP contribution in [0, 0.1) is 0 Å². The van der Waals surface area contributed by atoms with Crippen molar-refractivity contribution in [3.05, 3.63) is 34.3 Å². The summed E-state index contributed by atoms with van der Waals surface area (Å²) in [6.45, 7) is 5.56. The van der Waals surface area contributed by atoms with Crippen molar-refractivity contribution in [1.29, 1.82) is 0 Å². The first-order chi connectivity index (χ1) is 7.27. The molecule has 0 aliphatic carbocycles. The molecule has 0 aliphatic heterocycles. The summed E-state index contributed by atoms with van der Waals surface area (Å²) in [7, 11) is 0. The van der Waals surface area contributed by atoms with Gasteiger partial charge in [-0.2, -0.15) is 0 Å². The van der Waals surface area contributed by atoms with Gasteiger partial charge in [-0.1, -0.05) is 48.3 Å². The van der Waals surface area contributed by atoms with E-state index in [0.29, 0.717) is 6.04 Å². The molecule has 1 atom stereocenters. The van der Waals surface area contributed by atoms with Crippen LogP contribution in [0.3, 0.4) is 0 Å². The standard InChI is InChI=1S/C13H20BrN/c1-3-5-9-15-13(4-2)11-7-6-8-12(14)10-11/h6-8,10,13,15H,3-5,9H2,1-2H3. The van der Waals surface area contributed by atoms with Gasteiger partial charge in [0.2, 0.25) is 0 Å². The molecular formula is C13H20BrN. The van der Waals surface area contributed by atoms with E-state index in [0.717, 1.165) is 17.4 Å². The van der Waals surface area contributed by atoms with Crippen LogP contribution in [-0.2, 0) is 0 Å². The fourth-order valence-electron chi connectivity index (χ4n) is 1.67. The fraction of sp³-hybridized carbons (Fsp3) is 0.538. The van der Waals surface area contributed by atoms with Gasteiger partial charge in [-0.05, 0) is 37.1 Å². The molecule has 15 heavy (non-hydrogen) atoms. The smallest absolute Gasteiger partial charge is 0.0318 e. The van der Waals surface area contributed by atoms with Gasteiger partial charge < -0.3 is 5.32 Å². The lowest BCUT2D eigenvalue weighted by Gasteiger charge is -2.17. The first kappa shape index (κ1) is 12.7. The molecule has 1 rings (SSSR count). The first-order valence-corrected chi connectivity index (χ1v) is 6.56. The van der Waals surface area contributed by atoms with Crippen LogP contribution in [0.25, 0.3) is 0 Å². The van der Waals surface area contributed by atoms with Gasteiger partial charge in [0.25, 0.3) is 0 Å². The van der Waals surface area contributed by atoms with Crippen molar-refractivity contribution in [1.82, 2.24) is 5.32 Å². The number of rotatable bonds is 6. The zero-order valence-corrected chi connectivity index (χ0v) is 11.2. The van der Waals surface area contributed by atoms with Crippen LogP contribution in [0.1, 0.15) is 44.7 Å². The largest absolute Gasteiger partial charge is 0.310 e. The Kier molecular flexibility index (Phi) is 5.96. The molecule has 0 radical (unpaired) electrons. The van der Waals surface area contributed by atoms with Crippen molar-refractivity contribution in [2.45, 2.75) is 39.2 Å². The summed E-state index contributed by atoms with van der Waals surface area (Å²) >= 11 is 3.51. The van der Waals surface area contributed by atoms with Crippen LogP contribution in [0.2, 0.25) is 0 Å². The Hall–Kier alpha value is -0.340. The lowest BCUT2D eigenvalue weighted by Crippen LogP contribution is -2.21. The van der Waals surface area contributed by atoms with Crippen molar-refractivity contribution in [2.75, 3.05) is 6.54 Å². The van der Waals surface area contributed by atoms with E-state index in [4.69, 9.17) is 0 Å². The lowest BCUT2D eigenvalue weighted by atomic mass is 10.0. The maximum Gasteiger partial charge on any atom is 0.0318 e. The van der Waals surface area contributed by atoms with Crippen molar-refractivity contribution >= 4 is 15.9 Å². The third-order valence-electron chi connectivity index (χ3n) is 2.58. The summed E-state index contributed by atoms with van der Waals surface area (Å²) < 4.78 is 1.16. The molecule has 0 bridgehead atoms. The zero-order chi connectivity index (χ0) is 11.1. The highest BCUT2D eigenvalue weighted by atomic mass is 79.9. The molecule has 0 aromatic heterocycles. The minimum absolute atomic E-state index is 0.494. The highest BCUT2D eigenvalue weighted by Gasteiger charge is 2.07. The molecule has 0 saturated carbocycles. The molecule has 1 aromatic carbocycles. The Labute approximate surface area is 101 Å². The summed E-state index contributed by atoms with van der Waals surface area (Å²) in [4.78, 5) is 0. The Morgan fingerprint density at radius 1 is 1.33 bits per heavy atom. The number of hydrogen-bond donors (Lipinski definition) is 1. The minimum Gasteiger partial charge on any atom is -0.310 e. The third kappa shape index (κ3) is 4.35. The Morgan fingerprint density at radius 3 is 2.73 bits per heavy atom. The second kappa shape index (κ2) is 7.02. The molecule has 0 saturated heterocycles. The number of hydrogen-bond acceptors (Lipinski definition) is 1. The van der Waals surface area contributed by atoms with E-state index in [1.54, 1.807) is 0 Å². The molecule has 0 fully saturated rings. The van der Waals surface area contributed by atoms with Crippen LogP contribution in [-0.4, -0.2) is 6.54 Å². The summed E-state index contributed by atoms with van der Waals surface area (Å²) in [6.07, 6.45) is 3.65. The summed E-state index contributed by atoms with van der Waals surface area (Å²) in [5.41, 5.74) is 1.38. The number of halogens is 1. The van der Waals surface area contributed by atoms with Gasteiger partial charge in [0.05, 0.1) is 0 Å². The lowest BCUT2D eigenvalue weighted by molar-refractivity contribution is 0.508. The van der Waals surface area contributed by atoms with Gasteiger partial charge in [-0.15, -0.1) is 0 Å². The molecule has 1 aromatic rings. The first-order valence-electron chi connectivity index (χ1n) is 5.76. The number of benzene rings is 1. The van der Waals surface area contributed by atoms with E-state index in [1.807, 2.05) is 0 Å². The van der Waals surface area contributed by atoms with E-state index in [-0.39, 0.29) is 0 Å². The predicted octanol–water partition coefficient (Wildman–Crippen LogP) is 4.29. The van der Waals surface area contributed by atoms with Crippen molar-refractivity contribution in [3.8, 4) is 0 Å². The van der Waals surface area contributed by atoms with E-state index in [1.165, 1.54) is 18.4 Å². The van der Waals surface area contributed by atoms with Crippen LogP contribution < -0.4 is 5.32 Å². The van der Waals surface area contributed by atoms with E-state index in [9.17, 15) is 0 Å². The third-order valence-corrected chi connectivity index (χ3v) is 3.07. The normalized spacial score (nSPS) is 12.7. The topological polar surface area (TPSA) is 12.0 Å². The van der Waals surface area contributed by atoms with Gasteiger partial charge in [0.1, 0.15) is 0 Å². The van der Waals surface area contributed by atoms with E-state index >= 15 is 0 Å². The molecule has 1 N–H and O–H groups in total. The quantitative estimate of drug-likeness (QED) is 0.760. The van der Waals surface area contributed by atoms with Crippen molar-refractivity contribution < 1.29 is 0 Å². The molecule has 0 spiro atoms. The average molecular weight is 270 g/mol. The molecular weight excluding hydrogens is 250 g/mol. The molecule has 1 unspecified atom stereocenters. The van der Waals surface area contributed by atoms with Crippen LogP contribution in [0.5, 0.6) is 0 Å². The highest BCUT2D eigenvalue weighted by molar-refractivity contribution is 9.10. The number of unbranched alkanes of at least 4 members (excludes halogenated alkanes) is 1. The molecule has 0 heterocycles. The van der Waals surface area contributed by atoms with Gasteiger partial charge in [-0.3, -0.25) is 0 Å². The molecule has 2 heteroatoms. The summed E-state index contributed by atoms with van der Waals surface area (Å²) in [5, 5.41) is 3.59. The zero-order valence-electron chi connectivity index (χ0n) is 9.59. The Bertz CT molecular complexity index is 286. The molecule has 0 amide bonds. The summed E-state index contributed by atoms with van der Waals surface area (Å²) in [6, 6.07) is 9.06. The van der Waals surface area contributed by atoms with Crippen LogP contribution >= 0.6 is 15.9 Å². The van der Waals surface area contributed by atoms with Crippen LogP contribution in [0.4, 0.5) is 0 Å². The molecule has 1 nitrogen and oxygen atoms in total. The minimum atomic E-state index is 0.494.